The summed E-state index contributed by atoms with van der Waals surface area (Å²) in [7, 11) is -3.97. The molecule has 10 nitrogen and oxygen atoms in total. The van der Waals surface area contributed by atoms with Gasteiger partial charge in [0, 0.05) is 37.6 Å². The number of para-hydroxylation sites is 1. The van der Waals surface area contributed by atoms with Gasteiger partial charge >= 0.3 is 18.1 Å². The smallest absolute Gasteiger partial charge is 0.490 e. The van der Waals surface area contributed by atoms with Crippen LogP contribution < -0.4 is 19.3 Å². The fourth-order valence-electron chi connectivity index (χ4n) is 3.94. The van der Waals surface area contributed by atoms with Crippen molar-refractivity contribution in [1.82, 2.24) is 0 Å². The number of halogens is 3. The molecule has 41 heavy (non-hydrogen) atoms. The quantitative estimate of drug-likeness (QED) is 0.343. The number of ether oxygens (including phenoxy) is 1. The van der Waals surface area contributed by atoms with E-state index in [0.29, 0.717) is 12.4 Å². The van der Waals surface area contributed by atoms with Crippen molar-refractivity contribution in [3.8, 4) is 5.75 Å². The van der Waals surface area contributed by atoms with Crippen molar-refractivity contribution in [1.29, 1.82) is 0 Å². The van der Waals surface area contributed by atoms with E-state index in [1.807, 2.05) is 25.1 Å². The highest BCUT2D eigenvalue weighted by molar-refractivity contribution is 7.92. The normalized spacial score (nSPS) is 13.6. The number of nitrogens with one attached hydrogen (secondary N) is 1. The molecule has 1 aliphatic rings. The highest BCUT2D eigenvalue weighted by atomic mass is 32.2. The van der Waals surface area contributed by atoms with Gasteiger partial charge < -0.3 is 24.7 Å². The molecule has 1 aliphatic heterocycles. The Morgan fingerprint density at radius 3 is 1.90 bits per heavy atom. The van der Waals surface area contributed by atoms with E-state index in [4.69, 9.17) is 14.6 Å². The van der Waals surface area contributed by atoms with E-state index < -0.39 is 28.1 Å². The third-order valence-electron chi connectivity index (χ3n) is 5.93. The maximum atomic E-state index is 12.8. The molecular formula is C27H28F3N3O7S. The van der Waals surface area contributed by atoms with Gasteiger partial charge in [0.1, 0.15) is 5.75 Å². The van der Waals surface area contributed by atoms with E-state index in [-0.39, 0.29) is 16.1 Å². The predicted molar refractivity (Wildman–Crippen MR) is 146 cm³/mol. The second-order valence-electron chi connectivity index (χ2n) is 8.66. The molecule has 14 heteroatoms. The molecule has 0 atom stereocenters. The molecular weight excluding hydrogens is 567 g/mol. The Bertz CT molecular complexity index is 1440. The van der Waals surface area contributed by atoms with Crippen molar-refractivity contribution < 1.29 is 46.1 Å². The zero-order valence-electron chi connectivity index (χ0n) is 21.8. The molecule has 3 aromatic rings. The molecule has 1 saturated heterocycles. The number of nitrogens with zero attached hydrogens (tertiary/aromatic N) is 2. The average molecular weight is 596 g/mol. The molecule has 0 radical (unpaired) electrons. The van der Waals surface area contributed by atoms with Crippen LogP contribution in [0.25, 0.3) is 0 Å². The van der Waals surface area contributed by atoms with Crippen LogP contribution >= 0.6 is 0 Å². The number of sulfonamides is 1. The number of carboxylic acid groups (broad SMARTS) is 2. The minimum Gasteiger partial charge on any atom is -0.494 e. The molecule has 4 rings (SSSR count). The lowest BCUT2D eigenvalue weighted by Gasteiger charge is -2.37. The van der Waals surface area contributed by atoms with E-state index in [1.54, 1.807) is 18.2 Å². The summed E-state index contributed by atoms with van der Waals surface area (Å²) in [5, 5.41) is 16.9. The predicted octanol–water partition coefficient (Wildman–Crippen LogP) is 4.54. The number of carboxylic acids is 2. The second kappa shape index (κ2) is 13.3. The monoisotopic (exact) mass is 595 g/mol. The van der Waals surface area contributed by atoms with Crippen LogP contribution in [0.3, 0.4) is 0 Å². The van der Waals surface area contributed by atoms with Crippen molar-refractivity contribution in [2.45, 2.75) is 18.0 Å². The second-order valence-corrected chi connectivity index (χ2v) is 10.3. The Labute approximate surface area is 234 Å². The number of anilines is 3. The van der Waals surface area contributed by atoms with Crippen molar-refractivity contribution in [2.75, 3.05) is 47.3 Å². The number of benzene rings is 3. The standard InChI is InChI=1S/C25H27N3O5S.C2HF3O2/c1-2-33-21-9-11-22(12-10-21)34(31,32)26-24-13-8-20(18-23(24)25(29)30)28-16-14-27(15-17-28)19-6-4-3-5-7-19;3-2(4,5)1(6)7/h3-13,18,26H,2,14-17H2,1H3,(H,29,30);(H,6,7). The van der Waals surface area contributed by atoms with E-state index in [2.05, 4.69) is 26.7 Å². The molecule has 220 valence electrons. The Kier molecular flexibility index (Phi) is 10.1. The summed E-state index contributed by atoms with van der Waals surface area (Å²) in [6.07, 6.45) is -5.08. The van der Waals surface area contributed by atoms with Gasteiger partial charge in [-0.2, -0.15) is 13.2 Å². The number of aliphatic carboxylic acids is 1. The van der Waals surface area contributed by atoms with E-state index in [0.717, 1.165) is 37.6 Å². The van der Waals surface area contributed by atoms with E-state index in [9.17, 15) is 31.5 Å². The maximum Gasteiger partial charge on any atom is 0.490 e. The molecule has 1 fully saturated rings. The molecule has 0 unspecified atom stereocenters. The van der Waals surface area contributed by atoms with Gasteiger partial charge in [0.2, 0.25) is 0 Å². The fraction of sp³-hybridized carbons (Fsp3) is 0.259. The van der Waals surface area contributed by atoms with E-state index >= 15 is 0 Å². The van der Waals surface area contributed by atoms with Crippen LogP contribution in [-0.4, -0.2) is 69.5 Å². The number of piperazine rings is 1. The number of aromatic carboxylic acids is 1. The van der Waals surface area contributed by atoms with Crippen molar-refractivity contribution in [2.24, 2.45) is 0 Å². The highest BCUT2D eigenvalue weighted by Crippen LogP contribution is 2.28. The van der Waals surface area contributed by atoms with Crippen LogP contribution in [0.5, 0.6) is 5.75 Å². The summed E-state index contributed by atoms with van der Waals surface area (Å²) >= 11 is 0. The Morgan fingerprint density at radius 1 is 0.878 bits per heavy atom. The van der Waals surface area contributed by atoms with Crippen molar-refractivity contribution in [3.63, 3.8) is 0 Å². The van der Waals surface area contributed by atoms with Gasteiger partial charge in [-0.3, -0.25) is 4.72 Å². The zero-order valence-corrected chi connectivity index (χ0v) is 22.7. The zero-order chi connectivity index (χ0) is 30.2. The molecule has 3 aromatic carbocycles. The lowest BCUT2D eigenvalue weighted by molar-refractivity contribution is -0.192. The van der Waals surface area contributed by atoms with Crippen LogP contribution in [0.2, 0.25) is 0 Å². The molecule has 0 amide bonds. The van der Waals surface area contributed by atoms with Gasteiger partial charge in [-0.25, -0.2) is 18.0 Å². The largest absolute Gasteiger partial charge is 0.494 e. The van der Waals surface area contributed by atoms with Gasteiger partial charge in [-0.1, -0.05) is 18.2 Å². The number of carbonyl (C=O) groups is 2. The summed E-state index contributed by atoms with van der Waals surface area (Å²) in [4.78, 5) is 25.3. The summed E-state index contributed by atoms with van der Waals surface area (Å²) in [5.74, 6) is -3.40. The van der Waals surface area contributed by atoms with Gasteiger partial charge in [0.25, 0.3) is 10.0 Å². The van der Waals surface area contributed by atoms with E-state index in [1.165, 1.54) is 24.3 Å². The summed E-state index contributed by atoms with van der Waals surface area (Å²) < 4.78 is 65.2. The first-order valence-electron chi connectivity index (χ1n) is 12.3. The van der Waals surface area contributed by atoms with Gasteiger partial charge in [0.05, 0.1) is 22.8 Å². The third kappa shape index (κ3) is 8.51. The van der Waals surface area contributed by atoms with Gasteiger partial charge in [0.15, 0.2) is 0 Å². The SMILES string of the molecule is CCOc1ccc(S(=O)(=O)Nc2ccc(N3CCN(c4ccccc4)CC3)cc2C(=O)O)cc1.O=C(O)C(F)(F)F. The number of hydrogen-bond donors (Lipinski definition) is 3. The summed E-state index contributed by atoms with van der Waals surface area (Å²) in [5.41, 5.74) is 1.83. The minimum absolute atomic E-state index is 0.0213. The topological polar surface area (TPSA) is 136 Å². The fourth-order valence-corrected chi connectivity index (χ4v) is 5.02. The summed E-state index contributed by atoms with van der Waals surface area (Å²) in [6, 6.07) is 20.9. The Hall–Kier alpha value is -4.46. The number of alkyl halides is 3. The van der Waals surface area contributed by atoms with Crippen LogP contribution in [0.1, 0.15) is 17.3 Å². The lowest BCUT2D eigenvalue weighted by Crippen LogP contribution is -2.46. The number of hydrogen-bond acceptors (Lipinski definition) is 7. The van der Waals surface area contributed by atoms with Crippen molar-refractivity contribution >= 4 is 39.0 Å². The van der Waals surface area contributed by atoms with Crippen LogP contribution in [0.15, 0.2) is 77.7 Å². The first-order chi connectivity index (χ1) is 19.3. The highest BCUT2D eigenvalue weighted by Gasteiger charge is 2.38. The summed E-state index contributed by atoms with van der Waals surface area (Å²) in [6.45, 7) is 5.37. The van der Waals surface area contributed by atoms with Crippen LogP contribution in [0, 0.1) is 0 Å². The Morgan fingerprint density at radius 2 is 1.41 bits per heavy atom. The molecule has 0 saturated carbocycles. The third-order valence-corrected chi connectivity index (χ3v) is 7.31. The van der Waals surface area contributed by atoms with Gasteiger partial charge in [-0.05, 0) is 61.5 Å². The average Bonchev–Trinajstić information content (AvgIpc) is 2.94. The van der Waals surface area contributed by atoms with Crippen LogP contribution in [-0.2, 0) is 14.8 Å². The molecule has 0 aromatic heterocycles. The first kappa shape index (κ1) is 31.1. The first-order valence-corrected chi connectivity index (χ1v) is 13.8. The minimum atomic E-state index is -5.08. The van der Waals surface area contributed by atoms with Crippen LogP contribution in [0.4, 0.5) is 30.2 Å². The molecule has 3 N–H and O–H groups in total. The molecule has 0 bridgehead atoms. The lowest BCUT2D eigenvalue weighted by atomic mass is 10.1. The maximum absolute atomic E-state index is 12.8. The van der Waals surface area contributed by atoms with Gasteiger partial charge in [-0.15, -0.1) is 0 Å². The molecule has 0 spiro atoms. The number of rotatable bonds is 8. The Balaban J connectivity index is 0.000000587. The molecule has 0 aliphatic carbocycles. The molecule has 1 heterocycles. The van der Waals surface area contributed by atoms with Crippen molar-refractivity contribution in [3.05, 3.63) is 78.4 Å².